The van der Waals surface area contributed by atoms with Crippen molar-refractivity contribution in [3.63, 3.8) is 0 Å². The van der Waals surface area contributed by atoms with Crippen molar-refractivity contribution < 1.29 is 13.2 Å². The van der Waals surface area contributed by atoms with Crippen LogP contribution in [-0.4, -0.2) is 4.98 Å². The summed E-state index contributed by atoms with van der Waals surface area (Å²) in [5.74, 6) is 0. The van der Waals surface area contributed by atoms with Gasteiger partial charge in [0.2, 0.25) is 0 Å². The van der Waals surface area contributed by atoms with Gasteiger partial charge in [0.15, 0.2) is 0 Å². The van der Waals surface area contributed by atoms with Gasteiger partial charge in [0.25, 0.3) is 0 Å². The summed E-state index contributed by atoms with van der Waals surface area (Å²) in [5, 5.41) is 0.722. The standard InChI is InChI=1S/C16H10F3NS/c17-16(18,19)11-6-7-13-14(10-11)20-9-8-15(13)21-12-4-2-1-3-5-12/h1-10H. The summed E-state index contributed by atoms with van der Waals surface area (Å²) in [5.41, 5.74) is -0.324. The summed E-state index contributed by atoms with van der Waals surface area (Å²) in [6.07, 6.45) is -2.81. The maximum atomic E-state index is 12.7. The van der Waals surface area contributed by atoms with E-state index in [1.165, 1.54) is 24.0 Å². The summed E-state index contributed by atoms with van der Waals surface area (Å²) in [4.78, 5) is 5.97. The predicted octanol–water partition coefficient (Wildman–Crippen LogP) is 5.40. The number of hydrogen-bond acceptors (Lipinski definition) is 2. The van der Waals surface area contributed by atoms with E-state index < -0.39 is 11.7 Å². The van der Waals surface area contributed by atoms with Crippen LogP contribution >= 0.6 is 11.8 Å². The lowest BCUT2D eigenvalue weighted by Crippen LogP contribution is -2.04. The van der Waals surface area contributed by atoms with Crippen molar-refractivity contribution in [2.24, 2.45) is 0 Å². The highest BCUT2D eigenvalue weighted by molar-refractivity contribution is 7.99. The minimum absolute atomic E-state index is 0.353. The monoisotopic (exact) mass is 305 g/mol. The van der Waals surface area contributed by atoms with E-state index in [4.69, 9.17) is 0 Å². The number of alkyl halides is 3. The predicted molar refractivity (Wildman–Crippen MR) is 77.3 cm³/mol. The molecule has 106 valence electrons. The van der Waals surface area contributed by atoms with E-state index in [0.717, 1.165) is 27.3 Å². The third kappa shape index (κ3) is 3.03. The molecule has 3 rings (SSSR count). The molecule has 0 aliphatic heterocycles. The Kier molecular flexibility index (Phi) is 3.59. The van der Waals surface area contributed by atoms with Gasteiger partial charge in [0.1, 0.15) is 0 Å². The molecule has 0 aliphatic rings. The van der Waals surface area contributed by atoms with E-state index in [0.29, 0.717) is 5.52 Å². The van der Waals surface area contributed by atoms with Gasteiger partial charge < -0.3 is 0 Å². The van der Waals surface area contributed by atoms with E-state index in [-0.39, 0.29) is 0 Å². The van der Waals surface area contributed by atoms with Crippen molar-refractivity contribution in [2.75, 3.05) is 0 Å². The average Bonchev–Trinajstić information content (AvgIpc) is 2.47. The second kappa shape index (κ2) is 5.41. The largest absolute Gasteiger partial charge is 0.416 e. The zero-order chi connectivity index (χ0) is 14.9. The lowest BCUT2D eigenvalue weighted by molar-refractivity contribution is -0.137. The Morgan fingerprint density at radius 2 is 1.67 bits per heavy atom. The second-order valence-electron chi connectivity index (χ2n) is 4.45. The molecule has 0 fully saturated rings. The van der Waals surface area contributed by atoms with E-state index in [2.05, 4.69) is 4.98 Å². The molecule has 0 saturated heterocycles. The Hall–Kier alpha value is -2.01. The number of nitrogens with zero attached hydrogens (tertiary/aromatic N) is 1. The van der Waals surface area contributed by atoms with Crippen molar-refractivity contribution >= 4 is 22.7 Å². The Bertz CT molecular complexity index is 769. The van der Waals surface area contributed by atoms with Gasteiger partial charge in [-0.2, -0.15) is 13.2 Å². The first-order chi connectivity index (χ1) is 10.0. The number of halogens is 3. The van der Waals surface area contributed by atoms with Crippen molar-refractivity contribution in [2.45, 2.75) is 16.0 Å². The molecule has 3 aromatic rings. The quantitative estimate of drug-likeness (QED) is 0.628. The molecule has 0 atom stereocenters. The Morgan fingerprint density at radius 1 is 0.905 bits per heavy atom. The zero-order valence-electron chi connectivity index (χ0n) is 10.8. The highest BCUT2D eigenvalue weighted by Gasteiger charge is 2.30. The summed E-state index contributed by atoms with van der Waals surface area (Å²) < 4.78 is 38.2. The van der Waals surface area contributed by atoms with Crippen LogP contribution in [0.2, 0.25) is 0 Å². The Morgan fingerprint density at radius 3 is 2.38 bits per heavy atom. The lowest BCUT2D eigenvalue weighted by Gasteiger charge is -2.09. The van der Waals surface area contributed by atoms with Gasteiger partial charge >= 0.3 is 6.18 Å². The van der Waals surface area contributed by atoms with Crippen LogP contribution < -0.4 is 0 Å². The molecule has 0 radical (unpaired) electrons. The SMILES string of the molecule is FC(F)(F)c1ccc2c(Sc3ccccc3)ccnc2c1. The molecule has 0 unspecified atom stereocenters. The van der Waals surface area contributed by atoms with Crippen LogP contribution in [0.4, 0.5) is 13.2 Å². The van der Waals surface area contributed by atoms with Gasteiger partial charge in [-0.15, -0.1) is 0 Å². The van der Waals surface area contributed by atoms with Crippen LogP contribution in [0.3, 0.4) is 0 Å². The molecule has 0 N–H and O–H groups in total. The third-order valence-corrected chi connectivity index (χ3v) is 4.08. The Balaban J connectivity index is 2.05. The van der Waals surface area contributed by atoms with E-state index in [1.54, 1.807) is 0 Å². The molecule has 21 heavy (non-hydrogen) atoms. The van der Waals surface area contributed by atoms with Crippen LogP contribution in [0, 0.1) is 0 Å². The molecule has 0 amide bonds. The first kappa shape index (κ1) is 13.9. The second-order valence-corrected chi connectivity index (χ2v) is 5.57. The first-order valence-electron chi connectivity index (χ1n) is 6.23. The van der Waals surface area contributed by atoms with Gasteiger partial charge in [-0.25, -0.2) is 0 Å². The smallest absolute Gasteiger partial charge is 0.256 e. The topological polar surface area (TPSA) is 12.9 Å². The van der Waals surface area contributed by atoms with Crippen LogP contribution in [-0.2, 0) is 6.18 Å². The summed E-state index contributed by atoms with van der Waals surface area (Å²) in [6.45, 7) is 0. The number of rotatable bonds is 2. The molecule has 1 heterocycles. The number of fused-ring (bicyclic) bond motifs is 1. The molecule has 1 nitrogen and oxygen atoms in total. The molecule has 0 aliphatic carbocycles. The van der Waals surface area contributed by atoms with Crippen molar-refractivity contribution in [3.05, 3.63) is 66.4 Å². The molecular formula is C16H10F3NS. The maximum Gasteiger partial charge on any atom is 0.416 e. The molecule has 0 saturated carbocycles. The minimum atomic E-state index is -4.35. The van der Waals surface area contributed by atoms with Crippen LogP contribution in [0.5, 0.6) is 0 Å². The highest BCUT2D eigenvalue weighted by Crippen LogP contribution is 2.35. The van der Waals surface area contributed by atoms with E-state index in [1.807, 2.05) is 36.4 Å². The molecular weight excluding hydrogens is 295 g/mol. The normalized spacial score (nSPS) is 11.8. The van der Waals surface area contributed by atoms with Gasteiger partial charge in [0.05, 0.1) is 11.1 Å². The van der Waals surface area contributed by atoms with Gasteiger partial charge in [0, 0.05) is 21.4 Å². The van der Waals surface area contributed by atoms with E-state index in [9.17, 15) is 13.2 Å². The molecule has 2 aromatic carbocycles. The summed E-state index contributed by atoms with van der Waals surface area (Å²) in [6, 6.07) is 15.2. The Labute approximate surface area is 123 Å². The third-order valence-electron chi connectivity index (χ3n) is 3.00. The fourth-order valence-corrected chi connectivity index (χ4v) is 2.96. The number of aromatic nitrogens is 1. The van der Waals surface area contributed by atoms with Crippen LogP contribution in [0.15, 0.2) is 70.6 Å². The summed E-state index contributed by atoms with van der Waals surface area (Å²) in [7, 11) is 0. The van der Waals surface area contributed by atoms with E-state index >= 15 is 0 Å². The molecule has 1 aromatic heterocycles. The van der Waals surface area contributed by atoms with Crippen molar-refractivity contribution in [3.8, 4) is 0 Å². The van der Waals surface area contributed by atoms with Crippen LogP contribution in [0.25, 0.3) is 10.9 Å². The fraction of sp³-hybridized carbons (Fsp3) is 0.0625. The van der Waals surface area contributed by atoms with Gasteiger partial charge in [-0.05, 0) is 30.3 Å². The minimum Gasteiger partial charge on any atom is -0.256 e. The lowest BCUT2D eigenvalue weighted by atomic mass is 10.1. The fourth-order valence-electron chi connectivity index (χ4n) is 2.00. The van der Waals surface area contributed by atoms with Gasteiger partial charge in [-0.1, -0.05) is 36.0 Å². The number of benzene rings is 2. The highest BCUT2D eigenvalue weighted by atomic mass is 32.2. The number of pyridine rings is 1. The maximum absolute atomic E-state index is 12.7. The molecule has 5 heteroatoms. The van der Waals surface area contributed by atoms with Gasteiger partial charge in [-0.3, -0.25) is 4.98 Å². The van der Waals surface area contributed by atoms with Crippen molar-refractivity contribution in [1.82, 2.24) is 4.98 Å². The average molecular weight is 305 g/mol. The van der Waals surface area contributed by atoms with Crippen LogP contribution in [0.1, 0.15) is 5.56 Å². The zero-order valence-corrected chi connectivity index (χ0v) is 11.6. The first-order valence-corrected chi connectivity index (χ1v) is 7.04. The number of hydrogen-bond donors (Lipinski definition) is 0. The van der Waals surface area contributed by atoms with Crippen molar-refractivity contribution in [1.29, 1.82) is 0 Å². The molecule has 0 spiro atoms. The molecule has 0 bridgehead atoms. The summed E-state index contributed by atoms with van der Waals surface area (Å²) >= 11 is 1.51.